The number of nitrogens with zero attached hydrogens (tertiary/aromatic N) is 7. The van der Waals surface area contributed by atoms with Crippen LogP contribution in [0.4, 0.5) is 5.82 Å². The van der Waals surface area contributed by atoms with Crippen molar-refractivity contribution in [3.8, 4) is 0 Å². The Kier molecular flexibility index (Phi) is 4.24. The fraction of sp³-hybridized carbons (Fsp3) is 0.615. The fourth-order valence-electron chi connectivity index (χ4n) is 3.43. The number of anilines is 1. The van der Waals surface area contributed by atoms with Crippen molar-refractivity contribution in [3.63, 3.8) is 0 Å². The summed E-state index contributed by atoms with van der Waals surface area (Å²) in [5.74, 6) is 0.00478. The van der Waals surface area contributed by atoms with Gasteiger partial charge in [0.25, 0.3) is 0 Å². The second kappa shape index (κ2) is 6.21. The van der Waals surface area contributed by atoms with Crippen LogP contribution in [-0.4, -0.2) is 49.9 Å². The third-order valence-corrected chi connectivity index (χ3v) is 4.55. The summed E-state index contributed by atoms with van der Waals surface area (Å²) in [7, 11) is 0. The number of nitrogen functional groups attached to an aromatic ring is 1. The van der Waals surface area contributed by atoms with Gasteiger partial charge in [0.2, 0.25) is 0 Å². The van der Waals surface area contributed by atoms with Gasteiger partial charge in [0.15, 0.2) is 11.5 Å². The lowest BCUT2D eigenvalue weighted by molar-refractivity contribution is -0.114. The molecule has 1 fully saturated rings. The van der Waals surface area contributed by atoms with E-state index in [4.69, 9.17) is 21.7 Å². The van der Waals surface area contributed by atoms with Crippen LogP contribution >= 0.6 is 0 Å². The molecule has 0 aromatic carbocycles. The maximum Gasteiger partial charge on any atom is 0.167 e. The average Bonchev–Trinajstić information content (AvgIpc) is 3.12. The Morgan fingerprint density at radius 3 is 2.96 bits per heavy atom. The van der Waals surface area contributed by atoms with E-state index < -0.39 is 17.9 Å². The Morgan fingerprint density at radius 1 is 1.50 bits per heavy atom. The first-order valence-electron chi connectivity index (χ1n) is 7.53. The molecule has 11 heteroatoms. The second-order valence-electron chi connectivity index (χ2n) is 5.82. The minimum atomic E-state index is -0.943. The number of ether oxygens (including phenoxy) is 1. The quantitative estimate of drug-likeness (QED) is 0.395. The number of aliphatic hydroxyl groups excluding tert-OH is 1. The highest BCUT2D eigenvalue weighted by Gasteiger charge is 2.53. The van der Waals surface area contributed by atoms with Gasteiger partial charge in [-0.25, -0.2) is 15.0 Å². The van der Waals surface area contributed by atoms with Crippen LogP contribution in [0, 0.1) is 5.92 Å². The molecule has 5 N–H and O–H groups in total. The smallest absolute Gasteiger partial charge is 0.167 e. The largest absolute Gasteiger partial charge is 0.394 e. The van der Waals surface area contributed by atoms with Gasteiger partial charge in [-0.2, -0.15) is 0 Å². The number of fused-ring (bicyclic) bond motifs is 1. The van der Waals surface area contributed by atoms with E-state index in [1.54, 1.807) is 10.9 Å². The predicted octanol–water partition coefficient (Wildman–Crippen LogP) is 0.116. The Bertz CT molecular complexity index is 787. The lowest BCUT2D eigenvalue weighted by atomic mass is 9.87. The molecule has 3 rings (SSSR count). The number of rotatable bonds is 5. The minimum Gasteiger partial charge on any atom is -0.394 e. The van der Waals surface area contributed by atoms with E-state index in [0.29, 0.717) is 24.1 Å². The van der Waals surface area contributed by atoms with Crippen LogP contribution in [0.25, 0.3) is 21.6 Å². The zero-order valence-electron chi connectivity index (χ0n) is 13.1. The molecule has 24 heavy (non-hydrogen) atoms. The zero-order valence-corrected chi connectivity index (χ0v) is 13.1. The molecule has 1 aliphatic heterocycles. The van der Waals surface area contributed by atoms with Crippen molar-refractivity contribution in [1.82, 2.24) is 19.5 Å². The number of hydrogen-bond acceptors (Lipinski definition) is 8. The summed E-state index contributed by atoms with van der Waals surface area (Å²) in [4.78, 5) is 15.3. The normalized spacial score (nSPS) is 29.7. The summed E-state index contributed by atoms with van der Waals surface area (Å²) in [5, 5.41) is 13.5. The van der Waals surface area contributed by atoms with Crippen LogP contribution in [0.2, 0.25) is 0 Å². The summed E-state index contributed by atoms with van der Waals surface area (Å²) < 4.78 is 7.80. The van der Waals surface area contributed by atoms with Gasteiger partial charge in [-0.3, -0.25) is 4.57 Å². The Morgan fingerprint density at radius 2 is 2.29 bits per heavy atom. The van der Waals surface area contributed by atoms with Crippen molar-refractivity contribution >= 4 is 17.0 Å². The van der Waals surface area contributed by atoms with E-state index in [9.17, 15) is 5.11 Å². The summed E-state index contributed by atoms with van der Waals surface area (Å²) in [6.45, 7) is 1.94. The van der Waals surface area contributed by atoms with Crippen molar-refractivity contribution in [2.45, 2.75) is 31.2 Å². The maximum absolute atomic E-state index is 9.63. The van der Waals surface area contributed by atoms with Gasteiger partial charge >= 0.3 is 0 Å². The van der Waals surface area contributed by atoms with Gasteiger partial charge < -0.3 is 21.3 Å². The SMILES string of the molecule is C[C@@]1(n2cnc3c(N)ncnc32)O[C@H](CO)[C@@H](N=[N+]=[N-])[C@H]1CCN. The molecule has 0 amide bonds. The Labute approximate surface area is 137 Å². The number of aromatic nitrogens is 4. The van der Waals surface area contributed by atoms with Gasteiger partial charge in [-0.05, 0) is 25.4 Å². The van der Waals surface area contributed by atoms with Crippen LogP contribution in [-0.2, 0) is 10.5 Å². The number of nitrogens with two attached hydrogens (primary N) is 2. The molecule has 128 valence electrons. The molecule has 0 radical (unpaired) electrons. The van der Waals surface area contributed by atoms with Crippen LogP contribution < -0.4 is 11.5 Å². The molecule has 2 aromatic heterocycles. The van der Waals surface area contributed by atoms with Gasteiger partial charge in [0.05, 0.1) is 25.1 Å². The van der Waals surface area contributed by atoms with Gasteiger partial charge in [0, 0.05) is 10.8 Å². The molecule has 11 nitrogen and oxygen atoms in total. The molecule has 3 heterocycles. The number of hydrogen-bond donors (Lipinski definition) is 3. The first kappa shape index (κ1) is 16.4. The van der Waals surface area contributed by atoms with E-state index in [-0.39, 0.29) is 18.3 Å². The summed E-state index contributed by atoms with van der Waals surface area (Å²) in [6.07, 6.45) is 2.81. The molecule has 1 saturated heterocycles. The Hall–Kier alpha value is -2.46. The van der Waals surface area contributed by atoms with Crippen molar-refractivity contribution in [2.24, 2.45) is 16.8 Å². The molecular weight excluding hydrogens is 314 g/mol. The van der Waals surface area contributed by atoms with Crippen molar-refractivity contribution < 1.29 is 9.84 Å². The first-order chi connectivity index (χ1) is 11.6. The zero-order chi connectivity index (χ0) is 17.3. The van der Waals surface area contributed by atoms with E-state index in [2.05, 4.69) is 25.0 Å². The third kappa shape index (κ3) is 2.34. The topological polar surface area (TPSA) is 174 Å². The van der Waals surface area contributed by atoms with E-state index in [0.717, 1.165) is 0 Å². The molecule has 0 saturated carbocycles. The highest BCUT2D eigenvalue weighted by atomic mass is 16.5. The van der Waals surface area contributed by atoms with Crippen LogP contribution in [0.1, 0.15) is 13.3 Å². The highest BCUT2D eigenvalue weighted by Crippen LogP contribution is 2.44. The number of azide groups is 1. The maximum atomic E-state index is 9.63. The van der Waals surface area contributed by atoms with Crippen molar-refractivity contribution in [3.05, 3.63) is 23.1 Å². The van der Waals surface area contributed by atoms with E-state index in [1.165, 1.54) is 6.33 Å². The first-order valence-corrected chi connectivity index (χ1v) is 7.53. The van der Waals surface area contributed by atoms with Gasteiger partial charge in [-0.15, -0.1) is 0 Å². The third-order valence-electron chi connectivity index (χ3n) is 4.55. The van der Waals surface area contributed by atoms with Gasteiger partial charge in [0.1, 0.15) is 17.6 Å². The van der Waals surface area contributed by atoms with Crippen LogP contribution in [0.15, 0.2) is 17.8 Å². The lowest BCUT2D eigenvalue weighted by Crippen LogP contribution is -2.39. The predicted molar refractivity (Wildman–Crippen MR) is 85.4 cm³/mol. The molecule has 0 bridgehead atoms. The molecule has 0 unspecified atom stereocenters. The molecule has 0 spiro atoms. The van der Waals surface area contributed by atoms with Crippen molar-refractivity contribution in [2.75, 3.05) is 18.9 Å². The fourth-order valence-corrected chi connectivity index (χ4v) is 3.43. The van der Waals surface area contributed by atoms with Gasteiger partial charge in [-0.1, -0.05) is 5.11 Å². The van der Waals surface area contributed by atoms with Crippen molar-refractivity contribution in [1.29, 1.82) is 0 Å². The highest BCUT2D eigenvalue weighted by molar-refractivity contribution is 5.81. The average molecular weight is 333 g/mol. The molecule has 2 aromatic rings. The summed E-state index contributed by atoms with van der Waals surface area (Å²) in [6, 6.07) is -0.551. The van der Waals surface area contributed by atoms with E-state index in [1.807, 2.05) is 6.92 Å². The molecule has 4 atom stereocenters. The second-order valence-corrected chi connectivity index (χ2v) is 5.82. The monoisotopic (exact) mass is 333 g/mol. The standard InChI is InChI=1S/C13H19N9O2/c1-13(22-6-19-10-11(15)17-5-18-12(10)22)7(2-3-14)9(20-21-16)8(4-23)24-13/h5-9,23H,2-4,14H2,1H3,(H2,15,17,18)/t7-,8-,9+,13-/m1/s1. The number of imidazole rings is 1. The molecule has 0 aliphatic carbocycles. The van der Waals surface area contributed by atoms with Crippen LogP contribution in [0.5, 0.6) is 0 Å². The summed E-state index contributed by atoms with van der Waals surface area (Å²) in [5.41, 5.74) is 20.5. The molecule has 1 aliphatic rings. The lowest BCUT2D eigenvalue weighted by Gasteiger charge is -2.33. The minimum absolute atomic E-state index is 0.260. The molecular formula is C13H19N9O2. The van der Waals surface area contributed by atoms with E-state index >= 15 is 0 Å². The van der Waals surface area contributed by atoms with Crippen LogP contribution in [0.3, 0.4) is 0 Å². The number of aliphatic hydroxyl groups is 1. The summed E-state index contributed by atoms with van der Waals surface area (Å²) >= 11 is 0. The Balaban J connectivity index is 2.15.